The highest BCUT2D eigenvalue weighted by atomic mass is 16.6. The Labute approximate surface area is 159 Å². The first kappa shape index (κ1) is 20.5. The van der Waals surface area contributed by atoms with Gasteiger partial charge >= 0.3 is 5.97 Å². The van der Waals surface area contributed by atoms with Crippen molar-refractivity contribution in [1.82, 2.24) is 0 Å². The Morgan fingerprint density at radius 3 is 1.96 bits per heavy atom. The maximum Gasteiger partial charge on any atom is 0.334 e. The Morgan fingerprint density at radius 1 is 0.889 bits per heavy atom. The lowest BCUT2D eigenvalue weighted by Crippen LogP contribution is -2.41. The van der Waals surface area contributed by atoms with Gasteiger partial charge in [-0.1, -0.05) is 54.6 Å². The summed E-state index contributed by atoms with van der Waals surface area (Å²) in [7, 11) is 0. The number of benzene rings is 2. The monoisotopic (exact) mass is 368 g/mol. The standard InChI is InChI=1S/C22H24O5/c1-5-26-21(25)15(2)27-22(3,4)20(24)18-13-11-17(12-14-18)19(23)16-9-7-6-8-10-16/h6-15H,5H2,1-4H3. The Kier molecular flexibility index (Phi) is 6.64. The molecule has 1 atom stereocenters. The molecule has 0 saturated carbocycles. The summed E-state index contributed by atoms with van der Waals surface area (Å²) in [4.78, 5) is 37.0. The first-order valence-corrected chi connectivity index (χ1v) is 8.85. The SMILES string of the molecule is CCOC(=O)C(C)OC(C)(C)C(=O)c1ccc(C(=O)c2ccccc2)cc1. The molecule has 0 radical (unpaired) electrons. The van der Waals surface area contributed by atoms with Gasteiger partial charge in [0, 0.05) is 16.7 Å². The van der Waals surface area contributed by atoms with Gasteiger partial charge in [-0.05, 0) is 27.7 Å². The summed E-state index contributed by atoms with van der Waals surface area (Å²) < 4.78 is 10.5. The first-order valence-electron chi connectivity index (χ1n) is 8.85. The second-order valence-corrected chi connectivity index (χ2v) is 6.62. The quantitative estimate of drug-likeness (QED) is 0.523. The largest absolute Gasteiger partial charge is 0.464 e. The molecule has 0 bridgehead atoms. The van der Waals surface area contributed by atoms with Gasteiger partial charge in [-0.25, -0.2) is 4.79 Å². The van der Waals surface area contributed by atoms with Crippen LogP contribution in [0.25, 0.3) is 0 Å². The van der Waals surface area contributed by atoms with E-state index >= 15 is 0 Å². The number of rotatable bonds is 8. The maximum atomic E-state index is 12.8. The maximum absolute atomic E-state index is 12.8. The minimum Gasteiger partial charge on any atom is -0.464 e. The molecule has 27 heavy (non-hydrogen) atoms. The van der Waals surface area contributed by atoms with Gasteiger partial charge in [0.25, 0.3) is 0 Å². The summed E-state index contributed by atoms with van der Waals surface area (Å²) in [6.07, 6.45) is -0.858. The molecule has 2 aromatic rings. The summed E-state index contributed by atoms with van der Waals surface area (Å²) in [6, 6.07) is 15.4. The predicted molar refractivity (Wildman–Crippen MR) is 102 cm³/mol. The molecule has 1 unspecified atom stereocenters. The number of carbonyl (C=O) groups is 3. The molecule has 0 aliphatic rings. The van der Waals surface area contributed by atoms with Crippen LogP contribution in [-0.2, 0) is 14.3 Å². The van der Waals surface area contributed by atoms with E-state index < -0.39 is 17.7 Å². The van der Waals surface area contributed by atoms with Crippen molar-refractivity contribution in [2.24, 2.45) is 0 Å². The summed E-state index contributed by atoms with van der Waals surface area (Å²) >= 11 is 0. The van der Waals surface area contributed by atoms with Gasteiger partial charge in [0.15, 0.2) is 17.7 Å². The molecule has 0 heterocycles. The van der Waals surface area contributed by atoms with E-state index in [2.05, 4.69) is 0 Å². The van der Waals surface area contributed by atoms with Gasteiger partial charge in [-0.15, -0.1) is 0 Å². The van der Waals surface area contributed by atoms with Gasteiger partial charge in [0.05, 0.1) is 6.61 Å². The van der Waals surface area contributed by atoms with E-state index in [1.54, 1.807) is 76.2 Å². The van der Waals surface area contributed by atoms with Gasteiger partial charge in [-0.2, -0.15) is 0 Å². The molecule has 0 fully saturated rings. The van der Waals surface area contributed by atoms with Gasteiger partial charge in [0.1, 0.15) is 5.60 Å². The van der Waals surface area contributed by atoms with Crippen LogP contribution in [-0.4, -0.2) is 35.8 Å². The fraction of sp³-hybridized carbons (Fsp3) is 0.318. The van der Waals surface area contributed by atoms with Crippen LogP contribution in [0.15, 0.2) is 54.6 Å². The van der Waals surface area contributed by atoms with Gasteiger partial charge in [-0.3, -0.25) is 9.59 Å². The Balaban J connectivity index is 2.12. The highest BCUT2D eigenvalue weighted by Gasteiger charge is 2.34. The van der Waals surface area contributed by atoms with Crippen LogP contribution < -0.4 is 0 Å². The van der Waals surface area contributed by atoms with Crippen LogP contribution in [0.2, 0.25) is 0 Å². The number of esters is 1. The van der Waals surface area contributed by atoms with E-state index in [1.807, 2.05) is 6.07 Å². The van der Waals surface area contributed by atoms with E-state index in [9.17, 15) is 14.4 Å². The molecular weight excluding hydrogens is 344 g/mol. The number of hydrogen-bond acceptors (Lipinski definition) is 5. The van der Waals surface area contributed by atoms with Crippen molar-refractivity contribution in [3.63, 3.8) is 0 Å². The molecule has 0 aromatic heterocycles. The van der Waals surface area contributed by atoms with Gasteiger partial charge < -0.3 is 9.47 Å². The summed E-state index contributed by atoms with van der Waals surface area (Å²) in [5, 5.41) is 0. The molecule has 0 amide bonds. The minimum absolute atomic E-state index is 0.110. The van der Waals surface area contributed by atoms with Crippen molar-refractivity contribution in [2.75, 3.05) is 6.61 Å². The fourth-order valence-corrected chi connectivity index (χ4v) is 2.68. The third-order valence-electron chi connectivity index (χ3n) is 4.08. The third kappa shape index (κ3) is 5.11. The van der Waals surface area contributed by atoms with Crippen molar-refractivity contribution < 1.29 is 23.9 Å². The summed E-state index contributed by atoms with van der Waals surface area (Å²) in [5.74, 6) is -0.902. The average molecular weight is 368 g/mol. The van der Waals surface area contributed by atoms with Crippen molar-refractivity contribution in [3.05, 3.63) is 71.3 Å². The molecule has 0 aliphatic heterocycles. The lowest BCUT2D eigenvalue weighted by atomic mass is 9.94. The molecule has 2 aromatic carbocycles. The molecule has 0 spiro atoms. The van der Waals surface area contributed by atoms with E-state index in [-0.39, 0.29) is 18.2 Å². The van der Waals surface area contributed by atoms with E-state index in [0.29, 0.717) is 16.7 Å². The van der Waals surface area contributed by atoms with Crippen molar-refractivity contribution in [2.45, 2.75) is 39.4 Å². The van der Waals surface area contributed by atoms with Crippen LogP contribution in [0.3, 0.4) is 0 Å². The number of ether oxygens (including phenoxy) is 2. The zero-order chi connectivity index (χ0) is 20.0. The number of carbonyl (C=O) groups excluding carboxylic acids is 3. The molecule has 2 rings (SSSR count). The Morgan fingerprint density at radius 2 is 1.41 bits per heavy atom. The second kappa shape index (κ2) is 8.73. The smallest absolute Gasteiger partial charge is 0.334 e. The predicted octanol–water partition coefficient (Wildman–Crippen LogP) is 3.85. The number of ketones is 2. The fourth-order valence-electron chi connectivity index (χ4n) is 2.68. The molecule has 0 aliphatic carbocycles. The Bertz CT molecular complexity index is 806. The highest BCUT2D eigenvalue weighted by Crippen LogP contribution is 2.21. The summed E-state index contributed by atoms with van der Waals surface area (Å²) in [6.45, 7) is 6.72. The van der Waals surface area contributed by atoms with Crippen LogP contribution in [0.5, 0.6) is 0 Å². The van der Waals surface area contributed by atoms with E-state index in [1.165, 1.54) is 0 Å². The number of Topliss-reactive ketones (excluding diaryl/α,β-unsaturated/α-hetero) is 1. The summed E-state index contributed by atoms with van der Waals surface area (Å²) in [5.41, 5.74) is 0.275. The first-order chi connectivity index (χ1) is 12.8. The van der Waals surface area contributed by atoms with Crippen molar-refractivity contribution in [1.29, 1.82) is 0 Å². The lowest BCUT2D eigenvalue weighted by Gasteiger charge is -2.27. The van der Waals surface area contributed by atoms with Gasteiger partial charge in [0.2, 0.25) is 0 Å². The average Bonchev–Trinajstić information content (AvgIpc) is 2.67. The zero-order valence-electron chi connectivity index (χ0n) is 16.0. The van der Waals surface area contributed by atoms with Crippen LogP contribution in [0.4, 0.5) is 0 Å². The highest BCUT2D eigenvalue weighted by molar-refractivity contribution is 6.09. The minimum atomic E-state index is -1.21. The third-order valence-corrected chi connectivity index (χ3v) is 4.08. The van der Waals surface area contributed by atoms with Crippen LogP contribution in [0.1, 0.15) is 54.0 Å². The lowest BCUT2D eigenvalue weighted by molar-refractivity contribution is -0.161. The van der Waals surface area contributed by atoms with E-state index in [4.69, 9.17) is 9.47 Å². The van der Waals surface area contributed by atoms with Crippen molar-refractivity contribution in [3.8, 4) is 0 Å². The molecular formula is C22H24O5. The normalized spacial score (nSPS) is 12.3. The molecule has 5 heteroatoms. The molecule has 142 valence electrons. The van der Waals surface area contributed by atoms with Crippen LogP contribution >= 0.6 is 0 Å². The molecule has 0 N–H and O–H groups in total. The second-order valence-electron chi connectivity index (χ2n) is 6.62. The zero-order valence-corrected chi connectivity index (χ0v) is 16.0. The van der Waals surface area contributed by atoms with Crippen LogP contribution in [0, 0.1) is 0 Å². The van der Waals surface area contributed by atoms with Crippen molar-refractivity contribution >= 4 is 17.5 Å². The molecule has 0 saturated heterocycles. The number of hydrogen-bond donors (Lipinski definition) is 0. The Hall–Kier alpha value is -2.79. The van der Waals surface area contributed by atoms with E-state index in [0.717, 1.165) is 0 Å². The molecule has 5 nitrogen and oxygen atoms in total. The topological polar surface area (TPSA) is 69.7 Å².